The molecule has 0 saturated carbocycles. The highest BCUT2D eigenvalue weighted by molar-refractivity contribution is 7.91. The molecule has 3 rings (SSSR count). The average molecular weight is 318 g/mol. The van der Waals surface area contributed by atoms with Gasteiger partial charge >= 0.3 is 0 Å². The number of nitrogens with zero attached hydrogens (tertiary/aromatic N) is 2. The second-order valence-corrected chi connectivity index (χ2v) is 7.84. The van der Waals surface area contributed by atoms with Crippen molar-refractivity contribution in [2.75, 3.05) is 18.6 Å². The van der Waals surface area contributed by atoms with Gasteiger partial charge in [0.15, 0.2) is 9.84 Å². The maximum absolute atomic E-state index is 12.5. The molecule has 1 saturated heterocycles. The molecule has 0 aliphatic carbocycles. The van der Waals surface area contributed by atoms with Gasteiger partial charge in [0.05, 0.1) is 11.5 Å². The Balaban J connectivity index is 1.75. The number of aromatic nitrogens is 1. The van der Waals surface area contributed by atoms with Gasteiger partial charge in [-0.2, -0.15) is 0 Å². The molecule has 0 N–H and O–H groups in total. The Morgan fingerprint density at radius 2 is 1.82 bits per heavy atom. The van der Waals surface area contributed by atoms with E-state index in [1.54, 1.807) is 24.1 Å². The highest BCUT2D eigenvalue weighted by Crippen LogP contribution is 2.19. The van der Waals surface area contributed by atoms with Crippen molar-refractivity contribution in [2.45, 2.75) is 12.5 Å². The van der Waals surface area contributed by atoms with E-state index in [4.69, 9.17) is 0 Å². The van der Waals surface area contributed by atoms with Crippen LogP contribution in [0.1, 0.15) is 16.8 Å². The van der Waals surface area contributed by atoms with E-state index in [1.807, 2.05) is 41.2 Å². The molecule has 1 amide bonds. The quantitative estimate of drug-likeness (QED) is 0.866. The van der Waals surface area contributed by atoms with Crippen molar-refractivity contribution in [1.29, 1.82) is 0 Å². The highest BCUT2D eigenvalue weighted by Gasteiger charge is 2.32. The Bertz CT molecular complexity index is 764. The minimum atomic E-state index is -2.99. The molecule has 0 radical (unpaired) electrons. The fraction of sp³-hybridized carbons (Fsp3) is 0.312. The summed E-state index contributed by atoms with van der Waals surface area (Å²) in [5.41, 5.74) is 1.55. The van der Waals surface area contributed by atoms with Crippen molar-refractivity contribution in [1.82, 2.24) is 9.47 Å². The van der Waals surface area contributed by atoms with E-state index in [2.05, 4.69) is 0 Å². The molecular formula is C16H18N2O3S. The van der Waals surface area contributed by atoms with Gasteiger partial charge in [-0.1, -0.05) is 0 Å². The molecule has 5 nitrogen and oxygen atoms in total. The van der Waals surface area contributed by atoms with Gasteiger partial charge in [-0.15, -0.1) is 0 Å². The minimum absolute atomic E-state index is 0.0662. The topological polar surface area (TPSA) is 59.4 Å². The average Bonchev–Trinajstić information content (AvgIpc) is 3.15. The number of sulfone groups is 1. The third-order valence-electron chi connectivity index (χ3n) is 4.09. The van der Waals surface area contributed by atoms with Gasteiger partial charge in [0.2, 0.25) is 0 Å². The maximum atomic E-state index is 12.5. The van der Waals surface area contributed by atoms with Gasteiger partial charge < -0.3 is 9.47 Å². The highest BCUT2D eigenvalue weighted by atomic mass is 32.2. The molecule has 2 aromatic rings. The number of hydrogen-bond acceptors (Lipinski definition) is 3. The lowest BCUT2D eigenvalue weighted by molar-refractivity contribution is 0.0747. The zero-order chi connectivity index (χ0) is 15.7. The maximum Gasteiger partial charge on any atom is 0.253 e. The zero-order valence-corrected chi connectivity index (χ0v) is 13.2. The molecule has 1 aliphatic rings. The van der Waals surface area contributed by atoms with Crippen molar-refractivity contribution < 1.29 is 13.2 Å². The van der Waals surface area contributed by atoms with Crippen LogP contribution in [0.25, 0.3) is 5.69 Å². The largest absolute Gasteiger partial charge is 0.338 e. The van der Waals surface area contributed by atoms with Crippen molar-refractivity contribution in [2.24, 2.45) is 0 Å². The van der Waals surface area contributed by atoms with Crippen LogP contribution < -0.4 is 0 Å². The number of carbonyl (C=O) groups excluding carboxylic acids is 1. The summed E-state index contributed by atoms with van der Waals surface area (Å²) < 4.78 is 25.0. The Morgan fingerprint density at radius 3 is 2.36 bits per heavy atom. The summed E-state index contributed by atoms with van der Waals surface area (Å²) >= 11 is 0. The molecule has 0 bridgehead atoms. The third-order valence-corrected chi connectivity index (χ3v) is 5.84. The molecule has 1 fully saturated rings. The fourth-order valence-electron chi connectivity index (χ4n) is 2.73. The van der Waals surface area contributed by atoms with E-state index in [-0.39, 0.29) is 23.5 Å². The molecule has 2 heterocycles. The van der Waals surface area contributed by atoms with Crippen molar-refractivity contribution in [3.63, 3.8) is 0 Å². The molecule has 116 valence electrons. The lowest BCUT2D eigenvalue weighted by Crippen LogP contribution is -2.37. The van der Waals surface area contributed by atoms with Crippen LogP contribution in [0.3, 0.4) is 0 Å². The fourth-order valence-corrected chi connectivity index (χ4v) is 4.51. The van der Waals surface area contributed by atoms with Crippen LogP contribution in [0.2, 0.25) is 0 Å². The lowest BCUT2D eigenvalue weighted by atomic mass is 10.1. The lowest BCUT2D eigenvalue weighted by Gasteiger charge is -2.23. The van der Waals surface area contributed by atoms with E-state index in [9.17, 15) is 13.2 Å². The van der Waals surface area contributed by atoms with Crippen molar-refractivity contribution >= 4 is 15.7 Å². The minimum Gasteiger partial charge on any atom is -0.338 e. The second-order valence-electron chi connectivity index (χ2n) is 5.61. The number of carbonyl (C=O) groups is 1. The number of hydrogen-bond donors (Lipinski definition) is 0. The van der Waals surface area contributed by atoms with E-state index in [1.165, 1.54) is 0 Å². The summed E-state index contributed by atoms with van der Waals surface area (Å²) in [5, 5.41) is 0. The first-order valence-electron chi connectivity index (χ1n) is 7.17. The molecule has 1 unspecified atom stereocenters. The summed E-state index contributed by atoms with van der Waals surface area (Å²) in [4.78, 5) is 14.0. The van der Waals surface area contributed by atoms with Gasteiger partial charge in [-0.3, -0.25) is 4.79 Å². The molecular weight excluding hydrogens is 300 g/mol. The SMILES string of the molecule is CN(C(=O)c1ccc(-n2cccc2)cc1)C1CCS(=O)(=O)C1. The smallest absolute Gasteiger partial charge is 0.253 e. The Labute approximate surface area is 130 Å². The monoisotopic (exact) mass is 318 g/mol. The standard InChI is InChI=1S/C16H18N2O3S/c1-17(15-8-11-22(20,21)12-15)16(19)13-4-6-14(7-5-13)18-9-2-3-10-18/h2-7,9-10,15H,8,11-12H2,1H3. The Morgan fingerprint density at radius 1 is 1.18 bits per heavy atom. The molecule has 0 spiro atoms. The van der Waals surface area contributed by atoms with Crippen LogP contribution in [0.15, 0.2) is 48.8 Å². The van der Waals surface area contributed by atoms with Crippen LogP contribution in [0.5, 0.6) is 0 Å². The second kappa shape index (κ2) is 5.61. The first-order valence-corrected chi connectivity index (χ1v) is 8.99. The molecule has 22 heavy (non-hydrogen) atoms. The van der Waals surface area contributed by atoms with Crippen LogP contribution in [0, 0.1) is 0 Å². The van der Waals surface area contributed by atoms with Gasteiger partial charge in [0.1, 0.15) is 0 Å². The van der Waals surface area contributed by atoms with Crippen molar-refractivity contribution in [3.8, 4) is 5.69 Å². The molecule has 6 heteroatoms. The van der Waals surface area contributed by atoms with E-state index in [0.29, 0.717) is 12.0 Å². The predicted octanol–water partition coefficient (Wildman–Crippen LogP) is 1.74. The summed E-state index contributed by atoms with van der Waals surface area (Å²) in [6.07, 6.45) is 4.39. The van der Waals surface area contributed by atoms with Gasteiger partial charge in [-0.25, -0.2) is 8.42 Å². The Hall–Kier alpha value is -2.08. The van der Waals surface area contributed by atoms with Crippen LogP contribution >= 0.6 is 0 Å². The normalized spacial score (nSPS) is 20.0. The third kappa shape index (κ3) is 2.92. The number of benzene rings is 1. The summed E-state index contributed by atoms with van der Waals surface area (Å²) in [6, 6.07) is 11.0. The van der Waals surface area contributed by atoms with E-state index in [0.717, 1.165) is 5.69 Å². The van der Waals surface area contributed by atoms with Crippen LogP contribution in [-0.4, -0.2) is 48.4 Å². The summed E-state index contributed by atoms with van der Waals surface area (Å²) in [7, 11) is -1.32. The number of rotatable bonds is 3. The van der Waals surface area contributed by atoms with Crippen LogP contribution in [-0.2, 0) is 9.84 Å². The molecule has 1 aromatic carbocycles. The zero-order valence-electron chi connectivity index (χ0n) is 12.3. The summed E-state index contributed by atoms with van der Waals surface area (Å²) in [6.45, 7) is 0. The van der Waals surface area contributed by atoms with Gasteiger partial charge in [-0.05, 0) is 42.8 Å². The van der Waals surface area contributed by atoms with Crippen LogP contribution in [0.4, 0.5) is 0 Å². The molecule has 1 atom stereocenters. The summed E-state index contributed by atoms with van der Waals surface area (Å²) in [5.74, 6) is 0.0968. The first kappa shape index (κ1) is 14.8. The molecule has 1 aromatic heterocycles. The van der Waals surface area contributed by atoms with Gasteiger partial charge in [0, 0.05) is 36.7 Å². The predicted molar refractivity (Wildman–Crippen MR) is 84.9 cm³/mol. The van der Waals surface area contributed by atoms with Crippen molar-refractivity contribution in [3.05, 3.63) is 54.4 Å². The van der Waals surface area contributed by atoms with Gasteiger partial charge in [0.25, 0.3) is 5.91 Å². The van der Waals surface area contributed by atoms with E-state index < -0.39 is 9.84 Å². The Kier molecular flexibility index (Phi) is 3.78. The first-order chi connectivity index (χ1) is 10.5. The molecule has 1 aliphatic heterocycles. The number of amides is 1. The van der Waals surface area contributed by atoms with E-state index >= 15 is 0 Å².